The van der Waals surface area contributed by atoms with E-state index >= 15 is 0 Å². The topological polar surface area (TPSA) is 49.8 Å². The highest BCUT2D eigenvalue weighted by atomic mass is 19.4. The number of carbonyl (C=O) groups is 1. The molecule has 2 heterocycles. The van der Waals surface area contributed by atoms with Gasteiger partial charge in [0.15, 0.2) is 0 Å². The average molecular weight is 558 g/mol. The van der Waals surface area contributed by atoms with Gasteiger partial charge in [-0.15, -0.1) is 0 Å². The van der Waals surface area contributed by atoms with Crippen molar-refractivity contribution in [1.29, 1.82) is 0 Å². The molecule has 2 aromatic carbocycles. The number of piperidine rings is 1. The number of alkyl halides is 6. The molecule has 0 amide bonds. The third-order valence-corrected chi connectivity index (χ3v) is 8.05. The first-order chi connectivity index (χ1) is 18.2. The number of carboxylic acids is 1. The monoisotopic (exact) mass is 557 g/mol. The van der Waals surface area contributed by atoms with E-state index in [4.69, 9.17) is 4.74 Å². The van der Waals surface area contributed by atoms with E-state index in [1.807, 2.05) is 23.1 Å². The standard InChI is InChI=1S/C29H33F6NO3/c1-17(27(37)38)13-20-3-4-21-5-7-23(39-26(21)15-20)14-19-9-11-36(12-10-19)18(2)24-16-22(28(30,31)32)6-8-25(24)29(33,34)35/h3-4,6,8,15-19,23H,5,7,9-14H2,1-2H3,(H,37,38)/t17-,18+,23?/m0/s1. The highest BCUT2D eigenvalue weighted by molar-refractivity contribution is 5.70. The number of nitrogens with zero attached hydrogens (tertiary/aromatic N) is 1. The predicted molar refractivity (Wildman–Crippen MR) is 133 cm³/mol. The summed E-state index contributed by atoms with van der Waals surface area (Å²) < 4.78 is 86.9. The zero-order valence-corrected chi connectivity index (χ0v) is 21.9. The van der Waals surface area contributed by atoms with Crippen molar-refractivity contribution in [2.45, 2.75) is 76.9 Å². The Balaban J connectivity index is 1.37. The number of rotatable bonds is 7. The van der Waals surface area contributed by atoms with E-state index in [1.54, 1.807) is 6.92 Å². The summed E-state index contributed by atoms with van der Waals surface area (Å²) >= 11 is 0. The van der Waals surface area contributed by atoms with E-state index in [-0.39, 0.29) is 11.7 Å². The predicted octanol–water partition coefficient (Wildman–Crippen LogP) is 7.54. The Kier molecular flexibility index (Phi) is 8.54. The SMILES string of the molecule is C[C@H](c1cc(C(F)(F)F)ccc1C(F)(F)F)N1CCC(CC2CCc3ccc(C[C@H](C)C(=O)O)cc3O2)CC1. The van der Waals surface area contributed by atoms with Crippen LogP contribution in [0, 0.1) is 11.8 Å². The first kappa shape index (κ1) is 29.2. The molecule has 0 aromatic heterocycles. The molecule has 2 aliphatic heterocycles. The van der Waals surface area contributed by atoms with E-state index in [1.165, 1.54) is 6.92 Å². The summed E-state index contributed by atoms with van der Waals surface area (Å²) in [5.74, 6) is -0.288. The summed E-state index contributed by atoms with van der Waals surface area (Å²) in [6, 6.07) is 6.69. The van der Waals surface area contributed by atoms with E-state index in [2.05, 4.69) is 0 Å². The number of aliphatic carboxylic acids is 1. The van der Waals surface area contributed by atoms with Gasteiger partial charge >= 0.3 is 18.3 Å². The molecule has 0 spiro atoms. The lowest BCUT2D eigenvalue weighted by Gasteiger charge is -2.38. The Labute approximate surface area is 224 Å². The zero-order chi connectivity index (χ0) is 28.5. The van der Waals surface area contributed by atoms with E-state index in [0.29, 0.717) is 56.5 Å². The minimum Gasteiger partial charge on any atom is -0.490 e. The number of hydrogen-bond donors (Lipinski definition) is 1. The number of aryl methyl sites for hydroxylation is 1. The lowest BCUT2D eigenvalue weighted by molar-refractivity contribution is -0.142. The van der Waals surface area contributed by atoms with E-state index in [0.717, 1.165) is 36.1 Å². The molecule has 0 bridgehead atoms. The molecule has 3 atom stereocenters. The van der Waals surface area contributed by atoms with Crippen LogP contribution < -0.4 is 4.74 Å². The van der Waals surface area contributed by atoms with Crippen molar-refractivity contribution in [3.05, 3.63) is 64.2 Å². The van der Waals surface area contributed by atoms with Crippen LogP contribution in [0.15, 0.2) is 36.4 Å². The van der Waals surface area contributed by atoms with Gasteiger partial charge in [-0.2, -0.15) is 26.3 Å². The zero-order valence-electron chi connectivity index (χ0n) is 21.9. The van der Waals surface area contributed by atoms with Crippen molar-refractivity contribution < 1.29 is 41.0 Å². The fourth-order valence-corrected chi connectivity index (χ4v) is 5.69. The summed E-state index contributed by atoms with van der Waals surface area (Å²) in [4.78, 5) is 13.0. The molecule has 214 valence electrons. The van der Waals surface area contributed by atoms with E-state index < -0.39 is 41.4 Å². The number of ether oxygens (including phenoxy) is 1. The van der Waals surface area contributed by atoms with Gasteiger partial charge in [-0.3, -0.25) is 9.69 Å². The molecule has 0 saturated carbocycles. The summed E-state index contributed by atoms with van der Waals surface area (Å²) in [6.45, 7) is 4.17. The molecule has 1 N–H and O–H groups in total. The molecule has 2 aromatic rings. The van der Waals surface area contributed by atoms with Crippen LogP contribution in [0.25, 0.3) is 0 Å². The Hall–Kier alpha value is -2.75. The second-order valence-electron chi connectivity index (χ2n) is 10.9. The van der Waals surface area contributed by atoms with Crippen LogP contribution >= 0.6 is 0 Å². The number of benzene rings is 2. The molecule has 4 nitrogen and oxygen atoms in total. The first-order valence-electron chi connectivity index (χ1n) is 13.3. The maximum absolute atomic E-state index is 13.6. The van der Waals surface area contributed by atoms with Gasteiger partial charge in [-0.1, -0.05) is 19.1 Å². The molecule has 4 rings (SSSR count). The summed E-state index contributed by atoms with van der Waals surface area (Å²) in [5, 5.41) is 9.19. The highest BCUT2D eigenvalue weighted by Crippen LogP contribution is 2.41. The molecule has 1 unspecified atom stereocenters. The minimum absolute atomic E-state index is 0.0149. The van der Waals surface area contributed by atoms with Crippen LogP contribution in [-0.2, 0) is 30.0 Å². The number of hydrogen-bond acceptors (Lipinski definition) is 3. The van der Waals surface area contributed by atoms with Crippen molar-refractivity contribution in [2.24, 2.45) is 11.8 Å². The molecule has 2 aliphatic rings. The molecule has 0 radical (unpaired) electrons. The van der Waals surface area contributed by atoms with Crippen molar-refractivity contribution >= 4 is 5.97 Å². The Morgan fingerprint density at radius 3 is 2.31 bits per heavy atom. The Morgan fingerprint density at radius 1 is 1.00 bits per heavy atom. The van der Waals surface area contributed by atoms with Crippen LogP contribution in [0.1, 0.15) is 73.4 Å². The second-order valence-corrected chi connectivity index (χ2v) is 10.9. The van der Waals surface area contributed by atoms with Crippen LogP contribution in [0.2, 0.25) is 0 Å². The van der Waals surface area contributed by atoms with Gasteiger partial charge in [-0.05, 0) is 105 Å². The van der Waals surface area contributed by atoms with Gasteiger partial charge in [-0.25, -0.2) is 0 Å². The van der Waals surface area contributed by atoms with Crippen molar-refractivity contribution in [2.75, 3.05) is 13.1 Å². The largest absolute Gasteiger partial charge is 0.490 e. The van der Waals surface area contributed by atoms with Gasteiger partial charge in [0.05, 0.1) is 23.1 Å². The highest BCUT2D eigenvalue weighted by Gasteiger charge is 2.39. The van der Waals surface area contributed by atoms with Gasteiger partial charge < -0.3 is 9.84 Å². The van der Waals surface area contributed by atoms with E-state index in [9.17, 15) is 36.2 Å². The maximum Gasteiger partial charge on any atom is 0.416 e. The van der Waals surface area contributed by atoms with Crippen molar-refractivity contribution in [3.8, 4) is 5.75 Å². The Morgan fingerprint density at radius 2 is 1.69 bits per heavy atom. The smallest absolute Gasteiger partial charge is 0.416 e. The number of carboxylic acid groups (broad SMARTS) is 1. The summed E-state index contributed by atoms with van der Waals surface area (Å²) in [7, 11) is 0. The van der Waals surface area contributed by atoms with Crippen LogP contribution in [0.5, 0.6) is 5.75 Å². The van der Waals surface area contributed by atoms with Gasteiger partial charge in [0.2, 0.25) is 0 Å². The fraction of sp³-hybridized carbons (Fsp3) is 0.552. The molecule has 39 heavy (non-hydrogen) atoms. The van der Waals surface area contributed by atoms with Crippen LogP contribution in [0.3, 0.4) is 0 Å². The molecular formula is C29H33F6NO3. The third kappa shape index (κ3) is 7.07. The number of fused-ring (bicyclic) bond motifs is 1. The summed E-state index contributed by atoms with van der Waals surface area (Å²) in [5.41, 5.74) is -0.474. The second kappa shape index (κ2) is 11.4. The van der Waals surface area contributed by atoms with Gasteiger partial charge in [0.1, 0.15) is 5.75 Å². The molecule has 0 aliphatic carbocycles. The first-order valence-corrected chi connectivity index (χ1v) is 13.3. The van der Waals surface area contributed by atoms with Gasteiger partial charge in [0.25, 0.3) is 0 Å². The Bertz CT molecular complexity index is 1170. The maximum atomic E-state index is 13.6. The lowest BCUT2D eigenvalue weighted by Crippen LogP contribution is -2.38. The van der Waals surface area contributed by atoms with Gasteiger partial charge in [0, 0.05) is 6.04 Å². The quantitative estimate of drug-likeness (QED) is 0.357. The van der Waals surface area contributed by atoms with Crippen LogP contribution in [-0.4, -0.2) is 35.2 Å². The van der Waals surface area contributed by atoms with Crippen LogP contribution in [0.4, 0.5) is 26.3 Å². The normalized spacial score (nSPS) is 20.7. The lowest BCUT2D eigenvalue weighted by atomic mass is 9.86. The third-order valence-electron chi connectivity index (χ3n) is 8.05. The number of halogens is 6. The molecule has 1 fully saturated rings. The van der Waals surface area contributed by atoms with Crippen molar-refractivity contribution in [3.63, 3.8) is 0 Å². The molecule has 1 saturated heterocycles. The summed E-state index contributed by atoms with van der Waals surface area (Å²) in [6.07, 6.45) is -5.16. The van der Waals surface area contributed by atoms with Crippen molar-refractivity contribution in [1.82, 2.24) is 4.90 Å². The number of likely N-dealkylation sites (tertiary alicyclic amines) is 1. The molecule has 10 heteroatoms. The minimum atomic E-state index is -4.74. The fourth-order valence-electron chi connectivity index (χ4n) is 5.69. The average Bonchev–Trinajstić information content (AvgIpc) is 2.87. The molecular weight excluding hydrogens is 524 g/mol.